The highest BCUT2D eigenvalue weighted by atomic mass is 16.5. The zero-order valence-electron chi connectivity index (χ0n) is 12.8. The molecule has 0 bridgehead atoms. The van der Waals surface area contributed by atoms with Crippen LogP contribution in [0.5, 0.6) is 0 Å². The van der Waals surface area contributed by atoms with Crippen molar-refractivity contribution in [2.45, 2.75) is 44.9 Å². The van der Waals surface area contributed by atoms with Gasteiger partial charge in [-0.05, 0) is 25.0 Å². The van der Waals surface area contributed by atoms with Crippen LogP contribution in [-0.4, -0.2) is 29.1 Å². The van der Waals surface area contributed by atoms with Gasteiger partial charge in [-0.25, -0.2) is 0 Å². The van der Waals surface area contributed by atoms with Crippen LogP contribution in [0.25, 0.3) is 0 Å². The standard InChI is InChI=1S/C16H23N3O2/c1-10(11-5-4-7-18-9-11)19-14(20)16(17)12-6-8-21-13(12)15(16,2)3/h4-5,7,9-10,12-13H,6,8,17H2,1-3H3,(H,19,20). The van der Waals surface area contributed by atoms with Crippen molar-refractivity contribution in [1.82, 2.24) is 10.3 Å². The van der Waals surface area contributed by atoms with E-state index in [1.165, 1.54) is 0 Å². The molecule has 1 aliphatic carbocycles. The molecule has 2 fully saturated rings. The maximum Gasteiger partial charge on any atom is 0.241 e. The number of rotatable bonds is 3. The highest BCUT2D eigenvalue weighted by molar-refractivity contribution is 5.89. The molecule has 2 heterocycles. The Bertz CT molecular complexity index is 546. The first-order valence-electron chi connectivity index (χ1n) is 7.50. The fraction of sp³-hybridized carbons (Fsp3) is 0.625. The fourth-order valence-electron chi connectivity index (χ4n) is 3.88. The molecule has 114 valence electrons. The van der Waals surface area contributed by atoms with E-state index in [1.54, 1.807) is 12.4 Å². The van der Waals surface area contributed by atoms with Gasteiger partial charge in [0.05, 0.1) is 12.1 Å². The Morgan fingerprint density at radius 2 is 2.33 bits per heavy atom. The van der Waals surface area contributed by atoms with Crippen LogP contribution in [0, 0.1) is 11.3 Å². The van der Waals surface area contributed by atoms with E-state index in [0.717, 1.165) is 12.0 Å². The largest absolute Gasteiger partial charge is 0.377 e. The molecule has 4 unspecified atom stereocenters. The molecule has 4 atom stereocenters. The van der Waals surface area contributed by atoms with Crippen LogP contribution in [0.4, 0.5) is 0 Å². The molecule has 5 nitrogen and oxygen atoms in total. The van der Waals surface area contributed by atoms with Gasteiger partial charge in [-0.3, -0.25) is 9.78 Å². The van der Waals surface area contributed by atoms with Gasteiger partial charge < -0.3 is 15.8 Å². The number of hydrogen-bond donors (Lipinski definition) is 2. The molecule has 21 heavy (non-hydrogen) atoms. The van der Waals surface area contributed by atoms with Crippen molar-refractivity contribution in [3.05, 3.63) is 30.1 Å². The lowest BCUT2D eigenvalue weighted by Gasteiger charge is -2.60. The summed E-state index contributed by atoms with van der Waals surface area (Å²) < 4.78 is 5.73. The van der Waals surface area contributed by atoms with Gasteiger partial charge in [0.1, 0.15) is 5.54 Å². The van der Waals surface area contributed by atoms with Gasteiger partial charge in [0.2, 0.25) is 5.91 Å². The molecule has 1 aromatic rings. The lowest BCUT2D eigenvalue weighted by molar-refractivity contribution is -0.175. The molecule has 2 aliphatic rings. The van der Waals surface area contributed by atoms with E-state index >= 15 is 0 Å². The van der Waals surface area contributed by atoms with Gasteiger partial charge in [-0.15, -0.1) is 0 Å². The Balaban J connectivity index is 1.76. The molecule has 3 N–H and O–H groups in total. The molecular formula is C16H23N3O2. The van der Waals surface area contributed by atoms with E-state index in [1.807, 2.05) is 32.9 Å². The first-order chi connectivity index (χ1) is 9.89. The molecule has 5 heteroatoms. The Labute approximate surface area is 125 Å². The molecular weight excluding hydrogens is 266 g/mol. The van der Waals surface area contributed by atoms with Gasteiger partial charge >= 0.3 is 0 Å². The van der Waals surface area contributed by atoms with E-state index in [4.69, 9.17) is 10.5 Å². The quantitative estimate of drug-likeness (QED) is 0.882. The second kappa shape index (κ2) is 4.78. The Hall–Kier alpha value is -1.46. The molecule has 3 rings (SSSR count). The van der Waals surface area contributed by atoms with Crippen LogP contribution < -0.4 is 11.1 Å². The zero-order valence-corrected chi connectivity index (χ0v) is 12.8. The van der Waals surface area contributed by atoms with Crippen LogP contribution >= 0.6 is 0 Å². The SMILES string of the molecule is CC(NC(=O)C1(N)C2CCOC2C1(C)C)c1cccnc1. The number of ether oxygens (including phenoxy) is 1. The summed E-state index contributed by atoms with van der Waals surface area (Å²) in [5.41, 5.74) is 6.31. The van der Waals surface area contributed by atoms with Crippen molar-refractivity contribution in [3.63, 3.8) is 0 Å². The summed E-state index contributed by atoms with van der Waals surface area (Å²) in [5, 5.41) is 3.05. The Kier molecular flexibility index (Phi) is 3.30. The third-order valence-corrected chi connectivity index (χ3v) is 5.36. The molecule has 1 amide bonds. The van der Waals surface area contributed by atoms with E-state index in [-0.39, 0.29) is 29.4 Å². The third-order valence-electron chi connectivity index (χ3n) is 5.36. The molecule has 1 aliphatic heterocycles. The van der Waals surface area contributed by atoms with Gasteiger partial charge in [-0.2, -0.15) is 0 Å². The Morgan fingerprint density at radius 1 is 1.57 bits per heavy atom. The fourth-order valence-corrected chi connectivity index (χ4v) is 3.88. The molecule has 0 spiro atoms. The maximum absolute atomic E-state index is 12.8. The summed E-state index contributed by atoms with van der Waals surface area (Å²) in [6.07, 6.45) is 4.45. The lowest BCUT2D eigenvalue weighted by atomic mass is 9.48. The number of nitrogens with one attached hydrogen (secondary N) is 1. The monoisotopic (exact) mass is 289 g/mol. The Morgan fingerprint density at radius 3 is 3.00 bits per heavy atom. The number of amides is 1. The number of carbonyl (C=O) groups excluding carboxylic acids is 1. The summed E-state index contributed by atoms with van der Waals surface area (Å²) in [6.45, 7) is 6.69. The smallest absolute Gasteiger partial charge is 0.241 e. The highest BCUT2D eigenvalue weighted by Crippen LogP contribution is 2.58. The number of aromatic nitrogens is 1. The summed E-state index contributed by atoms with van der Waals surface area (Å²) in [4.78, 5) is 16.9. The topological polar surface area (TPSA) is 77.2 Å². The number of fused-ring (bicyclic) bond motifs is 1. The van der Waals surface area contributed by atoms with Crippen LogP contribution in [0.15, 0.2) is 24.5 Å². The average molecular weight is 289 g/mol. The summed E-state index contributed by atoms with van der Waals surface area (Å²) in [6, 6.07) is 3.71. The summed E-state index contributed by atoms with van der Waals surface area (Å²) in [5.74, 6) is 0.0317. The van der Waals surface area contributed by atoms with E-state index in [2.05, 4.69) is 10.3 Å². The highest BCUT2D eigenvalue weighted by Gasteiger charge is 2.71. The molecule has 0 aromatic carbocycles. The number of carbonyl (C=O) groups is 1. The third kappa shape index (κ3) is 1.91. The predicted molar refractivity (Wildman–Crippen MR) is 79.3 cm³/mol. The molecule has 1 saturated carbocycles. The minimum Gasteiger partial charge on any atom is -0.377 e. The van der Waals surface area contributed by atoms with Crippen molar-refractivity contribution < 1.29 is 9.53 Å². The summed E-state index contributed by atoms with van der Waals surface area (Å²) in [7, 11) is 0. The minimum atomic E-state index is -0.857. The van der Waals surface area contributed by atoms with Gasteiger partial charge in [0.25, 0.3) is 0 Å². The molecule has 1 saturated heterocycles. The van der Waals surface area contributed by atoms with Crippen molar-refractivity contribution in [3.8, 4) is 0 Å². The second-order valence-electron chi connectivity index (χ2n) is 6.76. The number of nitrogens with two attached hydrogens (primary N) is 1. The number of hydrogen-bond acceptors (Lipinski definition) is 4. The minimum absolute atomic E-state index is 0.0874. The normalized spacial score (nSPS) is 34.7. The maximum atomic E-state index is 12.8. The van der Waals surface area contributed by atoms with Crippen LogP contribution in [0.3, 0.4) is 0 Å². The first-order valence-corrected chi connectivity index (χ1v) is 7.50. The van der Waals surface area contributed by atoms with Gasteiger partial charge in [-0.1, -0.05) is 19.9 Å². The van der Waals surface area contributed by atoms with Crippen molar-refractivity contribution >= 4 is 5.91 Å². The average Bonchev–Trinajstić information content (AvgIpc) is 2.95. The predicted octanol–water partition coefficient (Wildman–Crippen LogP) is 1.40. The van der Waals surface area contributed by atoms with Crippen molar-refractivity contribution in [2.24, 2.45) is 17.1 Å². The van der Waals surface area contributed by atoms with E-state index in [9.17, 15) is 4.79 Å². The van der Waals surface area contributed by atoms with Gasteiger partial charge in [0.15, 0.2) is 0 Å². The first kappa shape index (κ1) is 14.5. The molecule has 1 aromatic heterocycles. The van der Waals surface area contributed by atoms with Gasteiger partial charge in [0, 0.05) is 30.3 Å². The van der Waals surface area contributed by atoms with Crippen molar-refractivity contribution in [2.75, 3.05) is 6.61 Å². The van der Waals surface area contributed by atoms with Crippen molar-refractivity contribution in [1.29, 1.82) is 0 Å². The lowest BCUT2D eigenvalue weighted by Crippen LogP contribution is -2.80. The second-order valence-corrected chi connectivity index (χ2v) is 6.76. The number of pyridine rings is 1. The zero-order chi connectivity index (χ0) is 15.3. The van der Waals surface area contributed by atoms with E-state index in [0.29, 0.717) is 6.61 Å². The van der Waals surface area contributed by atoms with Crippen LogP contribution in [-0.2, 0) is 9.53 Å². The molecule has 0 radical (unpaired) electrons. The number of nitrogens with zero attached hydrogens (tertiary/aromatic N) is 1. The van der Waals surface area contributed by atoms with Crippen LogP contribution in [0.1, 0.15) is 38.8 Å². The van der Waals surface area contributed by atoms with E-state index < -0.39 is 5.54 Å². The van der Waals surface area contributed by atoms with Crippen LogP contribution in [0.2, 0.25) is 0 Å². The summed E-state index contributed by atoms with van der Waals surface area (Å²) >= 11 is 0.